The third-order valence-corrected chi connectivity index (χ3v) is 3.94. The van der Waals surface area contributed by atoms with Crippen LogP contribution in [0, 0.1) is 17.1 Å². The highest BCUT2D eigenvalue weighted by Crippen LogP contribution is 2.19. The number of nitrogens with zero attached hydrogens (tertiary/aromatic N) is 2. The van der Waals surface area contributed by atoms with Gasteiger partial charge in [0, 0.05) is 12.6 Å². The highest BCUT2D eigenvalue weighted by Gasteiger charge is 2.16. The van der Waals surface area contributed by atoms with E-state index in [1.807, 2.05) is 24.9 Å². The molecular weight excluding hydrogens is 307 g/mol. The quantitative estimate of drug-likeness (QED) is 0.848. The highest BCUT2D eigenvalue weighted by atomic mass is 19.1. The predicted octanol–water partition coefficient (Wildman–Crippen LogP) is 3.13. The van der Waals surface area contributed by atoms with Gasteiger partial charge in [0.15, 0.2) is 0 Å². The first-order valence-corrected chi connectivity index (χ1v) is 7.76. The Morgan fingerprint density at radius 3 is 2.38 bits per heavy atom. The van der Waals surface area contributed by atoms with Gasteiger partial charge in [0.05, 0.1) is 11.6 Å². The van der Waals surface area contributed by atoms with E-state index in [2.05, 4.69) is 0 Å². The summed E-state index contributed by atoms with van der Waals surface area (Å²) < 4.78 is 18.5. The molecule has 0 aliphatic carbocycles. The molecular formula is C19H21FN2O2. The number of aliphatic hydroxyl groups excluding tert-OH is 1. The number of benzene rings is 2. The van der Waals surface area contributed by atoms with Crippen LogP contribution in [0.5, 0.6) is 5.75 Å². The Kier molecular flexibility index (Phi) is 6.30. The molecule has 126 valence electrons. The van der Waals surface area contributed by atoms with Crippen LogP contribution in [0.25, 0.3) is 0 Å². The Labute approximate surface area is 141 Å². The van der Waals surface area contributed by atoms with Crippen molar-refractivity contribution in [1.29, 1.82) is 5.26 Å². The molecule has 0 aromatic heterocycles. The van der Waals surface area contributed by atoms with Gasteiger partial charge in [-0.3, -0.25) is 4.90 Å². The lowest BCUT2D eigenvalue weighted by atomic mass is 10.1. The van der Waals surface area contributed by atoms with E-state index >= 15 is 0 Å². The van der Waals surface area contributed by atoms with E-state index in [1.54, 1.807) is 36.4 Å². The number of halogens is 1. The number of nitriles is 1. The average molecular weight is 328 g/mol. The molecule has 0 spiro atoms. The molecule has 0 saturated heterocycles. The van der Waals surface area contributed by atoms with Crippen LogP contribution in [0.1, 0.15) is 24.1 Å². The molecule has 0 unspecified atom stereocenters. The fourth-order valence-corrected chi connectivity index (χ4v) is 2.36. The maximum atomic E-state index is 13.0. The van der Waals surface area contributed by atoms with Gasteiger partial charge in [-0.15, -0.1) is 0 Å². The summed E-state index contributed by atoms with van der Waals surface area (Å²) in [5.41, 5.74) is 1.55. The van der Waals surface area contributed by atoms with E-state index < -0.39 is 6.10 Å². The van der Waals surface area contributed by atoms with Crippen LogP contribution in [0.3, 0.4) is 0 Å². The van der Waals surface area contributed by atoms with Crippen molar-refractivity contribution in [2.24, 2.45) is 0 Å². The first-order chi connectivity index (χ1) is 11.5. The molecule has 4 nitrogen and oxygen atoms in total. The summed E-state index contributed by atoms with van der Waals surface area (Å²) in [5.74, 6) is 0.353. The van der Waals surface area contributed by atoms with Gasteiger partial charge in [-0.2, -0.15) is 5.26 Å². The largest absolute Gasteiger partial charge is 0.491 e. The van der Waals surface area contributed by atoms with Crippen LogP contribution in [-0.4, -0.2) is 36.3 Å². The van der Waals surface area contributed by atoms with Gasteiger partial charge in [-0.05, 0) is 55.9 Å². The van der Waals surface area contributed by atoms with Gasteiger partial charge in [0.1, 0.15) is 24.3 Å². The van der Waals surface area contributed by atoms with Crippen molar-refractivity contribution in [3.05, 3.63) is 65.5 Å². The summed E-state index contributed by atoms with van der Waals surface area (Å²) >= 11 is 0. The zero-order valence-electron chi connectivity index (χ0n) is 13.8. The standard InChI is InChI=1S/C19H21FN2O2/c1-14(16-5-7-17(20)8-6-16)22(2)12-18(23)13-24-19-9-3-15(11-21)4-10-19/h3-10,14,18,23H,12-13H2,1-2H3/t14-,18-/m0/s1. The SMILES string of the molecule is C[C@@H](c1ccc(F)cc1)N(C)C[C@H](O)COc1ccc(C#N)cc1. The number of likely N-dealkylation sites (N-methyl/N-ethyl adjacent to an activating group) is 1. The highest BCUT2D eigenvalue weighted by molar-refractivity contribution is 5.34. The summed E-state index contributed by atoms with van der Waals surface area (Å²) in [5, 5.41) is 18.9. The molecule has 0 heterocycles. The summed E-state index contributed by atoms with van der Waals surface area (Å²) in [6, 6.07) is 15.2. The van der Waals surface area contributed by atoms with Crippen LogP contribution >= 0.6 is 0 Å². The second-order valence-corrected chi connectivity index (χ2v) is 5.77. The Morgan fingerprint density at radius 2 is 1.79 bits per heavy atom. The maximum Gasteiger partial charge on any atom is 0.123 e. The van der Waals surface area contributed by atoms with Crippen molar-refractivity contribution >= 4 is 0 Å². The average Bonchev–Trinajstić information content (AvgIpc) is 2.60. The van der Waals surface area contributed by atoms with Crippen LogP contribution < -0.4 is 4.74 Å². The third-order valence-electron chi connectivity index (χ3n) is 3.94. The molecule has 0 saturated carbocycles. The lowest BCUT2D eigenvalue weighted by Gasteiger charge is -2.27. The van der Waals surface area contributed by atoms with E-state index in [0.717, 1.165) is 5.56 Å². The maximum absolute atomic E-state index is 13.0. The van der Waals surface area contributed by atoms with E-state index in [1.165, 1.54) is 12.1 Å². The fraction of sp³-hybridized carbons (Fsp3) is 0.316. The summed E-state index contributed by atoms with van der Waals surface area (Å²) in [6.07, 6.45) is -0.659. The molecule has 2 aromatic rings. The Bertz CT molecular complexity index is 680. The molecule has 2 atom stereocenters. The van der Waals surface area contributed by atoms with Crippen LogP contribution in [0.2, 0.25) is 0 Å². The zero-order valence-corrected chi connectivity index (χ0v) is 13.8. The van der Waals surface area contributed by atoms with Crippen LogP contribution in [-0.2, 0) is 0 Å². The van der Waals surface area contributed by atoms with Crippen LogP contribution in [0.15, 0.2) is 48.5 Å². The van der Waals surface area contributed by atoms with Gasteiger partial charge in [-0.1, -0.05) is 12.1 Å². The first-order valence-electron chi connectivity index (χ1n) is 7.76. The van der Waals surface area contributed by atoms with E-state index in [4.69, 9.17) is 10.00 Å². The van der Waals surface area contributed by atoms with Crippen molar-refractivity contribution in [3.63, 3.8) is 0 Å². The minimum absolute atomic E-state index is 0.0511. The molecule has 24 heavy (non-hydrogen) atoms. The number of hydrogen-bond donors (Lipinski definition) is 1. The predicted molar refractivity (Wildman–Crippen MR) is 90.1 cm³/mol. The molecule has 0 aliphatic heterocycles. The Hall–Kier alpha value is -2.42. The third kappa shape index (κ3) is 5.05. The Morgan fingerprint density at radius 1 is 1.17 bits per heavy atom. The lowest BCUT2D eigenvalue weighted by Crippen LogP contribution is -2.34. The van der Waals surface area contributed by atoms with Crippen molar-refractivity contribution in [2.45, 2.75) is 19.1 Å². The molecule has 0 radical (unpaired) electrons. The Balaban J connectivity index is 1.83. The topological polar surface area (TPSA) is 56.5 Å². The smallest absolute Gasteiger partial charge is 0.123 e. The van der Waals surface area contributed by atoms with E-state index in [-0.39, 0.29) is 18.5 Å². The van der Waals surface area contributed by atoms with Crippen LogP contribution in [0.4, 0.5) is 4.39 Å². The van der Waals surface area contributed by atoms with Gasteiger partial charge < -0.3 is 9.84 Å². The lowest BCUT2D eigenvalue weighted by molar-refractivity contribution is 0.0654. The number of ether oxygens (including phenoxy) is 1. The molecule has 2 rings (SSSR count). The van der Waals surface area contributed by atoms with Gasteiger partial charge in [0.2, 0.25) is 0 Å². The monoisotopic (exact) mass is 328 g/mol. The molecule has 2 aromatic carbocycles. The second kappa shape index (κ2) is 8.44. The fourth-order valence-electron chi connectivity index (χ4n) is 2.36. The van der Waals surface area contributed by atoms with Gasteiger partial charge in [-0.25, -0.2) is 4.39 Å². The molecule has 0 fully saturated rings. The molecule has 0 aliphatic rings. The molecule has 5 heteroatoms. The van der Waals surface area contributed by atoms with Gasteiger partial charge >= 0.3 is 0 Å². The normalized spacial score (nSPS) is 13.3. The number of rotatable bonds is 7. The van der Waals surface area contributed by atoms with Crippen molar-refractivity contribution in [3.8, 4) is 11.8 Å². The summed E-state index contributed by atoms with van der Waals surface area (Å²) in [4.78, 5) is 1.99. The van der Waals surface area contributed by atoms with Crippen molar-refractivity contribution in [1.82, 2.24) is 4.90 Å². The minimum Gasteiger partial charge on any atom is -0.491 e. The number of aliphatic hydroxyl groups is 1. The molecule has 0 bridgehead atoms. The first kappa shape index (κ1) is 17.9. The summed E-state index contributed by atoms with van der Waals surface area (Å²) in [6.45, 7) is 2.59. The van der Waals surface area contributed by atoms with Gasteiger partial charge in [0.25, 0.3) is 0 Å². The molecule has 0 amide bonds. The zero-order chi connectivity index (χ0) is 17.5. The van der Waals surface area contributed by atoms with E-state index in [0.29, 0.717) is 17.9 Å². The second-order valence-electron chi connectivity index (χ2n) is 5.77. The number of hydrogen-bond acceptors (Lipinski definition) is 4. The summed E-state index contributed by atoms with van der Waals surface area (Å²) in [7, 11) is 1.90. The van der Waals surface area contributed by atoms with E-state index in [9.17, 15) is 9.50 Å². The van der Waals surface area contributed by atoms with Crippen molar-refractivity contribution < 1.29 is 14.2 Å². The minimum atomic E-state index is -0.659. The molecule has 1 N–H and O–H groups in total. The van der Waals surface area contributed by atoms with Crippen molar-refractivity contribution in [2.75, 3.05) is 20.2 Å².